The van der Waals surface area contributed by atoms with Crippen LogP contribution in [-0.2, 0) is 11.2 Å². The molecule has 1 heterocycles. The van der Waals surface area contributed by atoms with Gasteiger partial charge in [0.05, 0.1) is 12.8 Å². The minimum atomic E-state index is -0.0818. The van der Waals surface area contributed by atoms with Gasteiger partial charge in [0.15, 0.2) is 0 Å². The summed E-state index contributed by atoms with van der Waals surface area (Å²) in [7, 11) is 1.57. The maximum atomic E-state index is 11.7. The van der Waals surface area contributed by atoms with Gasteiger partial charge in [0, 0.05) is 24.4 Å². The Hall–Kier alpha value is -1.42. The molecule has 0 aliphatic heterocycles. The van der Waals surface area contributed by atoms with Crippen LogP contribution >= 0.6 is 0 Å². The lowest BCUT2D eigenvalue weighted by Gasteiger charge is -2.10. The molecule has 17 heavy (non-hydrogen) atoms. The molecule has 2 rings (SSSR count). The molecule has 0 saturated heterocycles. The number of pyridine rings is 1. The zero-order chi connectivity index (χ0) is 12.4. The average molecular weight is 234 g/mol. The molecule has 1 aromatic rings. The Morgan fingerprint density at radius 1 is 1.59 bits per heavy atom. The van der Waals surface area contributed by atoms with Crippen molar-refractivity contribution in [1.29, 1.82) is 0 Å². The van der Waals surface area contributed by atoms with Gasteiger partial charge in [0.25, 0.3) is 0 Å². The highest BCUT2D eigenvalue weighted by Crippen LogP contribution is 2.31. The second-order valence-corrected chi connectivity index (χ2v) is 4.64. The monoisotopic (exact) mass is 234 g/mol. The van der Waals surface area contributed by atoms with E-state index >= 15 is 0 Å². The number of methoxy groups -OCH3 is 1. The third kappa shape index (κ3) is 3.03. The van der Waals surface area contributed by atoms with Crippen molar-refractivity contribution in [2.45, 2.75) is 32.2 Å². The largest absolute Gasteiger partial charge is 0.481 e. The van der Waals surface area contributed by atoms with Gasteiger partial charge in [-0.15, -0.1) is 0 Å². The van der Waals surface area contributed by atoms with E-state index in [1.165, 1.54) is 0 Å². The molecule has 0 radical (unpaired) electrons. The molecule has 1 aromatic heterocycles. The van der Waals surface area contributed by atoms with Gasteiger partial charge in [-0.25, -0.2) is 4.98 Å². The minimum Gasteiger partial charge on any atom is -0.481 e. The zero-order valence-electron chi connectivity index (χ0n) is 10.3. The second kappa shape index (κ2) is 4.84. The summed E-state index contributed by atoms with van der Waals surface area (Å²) in [5.74, 6) is 1.07. The molecule has 0 spiro atoms. The Kier molecular flexibility index (Phi) is 3.43. The van der Waals surface area contributed by atoms with Crippen LogP contribution in [0.2, 0.25) is 0 Å². The number of nitrogens with zero attached hydrogens (tertiary/aromatic N) is 1. The van der Waals surface area contributed by atoms with E-state index in [0.29, 0.717) is 12.3 Å². The van der Waals surface area contributed by atoms with Crippen molar-refractivity contribution in [3.63, 3.8) is 0 Å². The number of hydrogen-bond acceptors (Lipinski definition) is 4. The summed E-state index contributed by atoms with van der Waals surface area (Å²) in [6.45, 7) is 1.90. The smallest absolute Gasteiger partial charge is 0.213 e. The molecular weight excluding hydrogens is 216 g/mol. The number of carbonyl (C=O) groups excluding carboxylic acids is 1. The summed E-state index contributed by atoms with van der Waals surface area (Å²) in [6.07, 6.45) is 2.45. The number of hydrogen-bond donors (Lipinski definition) is 1. The molecule has 1 aliphatic carbocycles. The normalized spacial score (nSPS) is 16.6. The number of aromatic nitrogens is 1. The highest BCUT2D eigenvalue weighted by atomic mass is 16.5. The van der Waals surface area contributed by atoms with Crippen LogP contribution in [-0.4, -0.2) is 17.9 Å². The number of Topliss-reactive ketones (excluding diaryl/α,β-unsaturated/α-hetero) is 1. The van der Waals surface area contributed by atoms with Gasteiger partial charge in [-0.05, 0) is 31.4 Å². The maximum Gasteiger partial charge on any atom is 0.213 e. The van der Waals surface area contributed by atoms with E-state index < -0.39 is 0 Å². The molecule has 0 bridgehead atoms. The van der Waals surface area contributed by atoms with Crippen molar-refractivity contribution in [3.8, 4) is 5.88 Å². The lowest BCUT2D eigenvalue weighted by atomic mass is 10.1. The summed E-state index contributed by atoms with van der Waals surface area (Å²) in [6, 6.07) is 3.63. The predicted molar refractivity (Wildman–Crippen MR) is 64.8 cm³/mol. The fourth-order valence-electron chi connectivity index (χ4n) is 1.77. The number of ether oxygens (including phenoxy) is 1. The Balaban J connectivity index is 2.19. The fraction of sp³-hybridized carbons (Fsp3) is 0.538. The van der Waals surface area contributed by atoms with Crippen molar-refractivity contribution < 1.29 is 9.53 Å². The van der Waals surface area contributed by atoms with Crippen LogP contribution in [0.15, 0.2) is 12.1 Å². The number of nitrogens with two attached hydrogens (primary N) is 1. The predicted octanol–water partition coefficient (Wildman–Crippen LogP) is 1.63. The average Bonchev–Trinajstić information content (AvgIpc) is 3.12. The SMILES string of the molecule is COc1cc(C(C)N)cc(CC(=O)C2CC2)n1. The van der Waals surface area contributed by atoms with Crippen molar-refractivity contribution >= 4 is 5.78 Å². The van der Waals surface area contributed by atoms with Gasteiger partial charge in [-0.2, -0.15) is 0 Å². The highest BCUT2D eigenvalue weighted by Gasteiger charge is 2.29. The topological polar surface area (TPSA) is 65.2 Å². The Labute approximate surface area is 101 Å². The van der Waals surface area contributed by atoms with Gasteiger partial charge in [-0.1, -0.05) is 0 Å². The Morgan fingerprint density at radius 3 is 2.82 bits per heavy atom. The minimum absolute atomic E-state index is 0.0818. The van der Waals surface area contributed by atoms with Crippen LogP contribution in [0.3, 0.4) is 0 Å². The lowest BCUT2D eigenvalue weighted by Crippen LogP contribution is -2.10. The van der Waals surface area contributed by atoms with Gasteiger partial charge in [0.2, 0.25) is 5.88 Å². The molecule has 1 fully saturated rings. The van der Waals surface area contributed by atoms with E-state index in [0.717, 1.165) is 24.1 Å². The van der Waals surface area contributed by atoms with E-state index in [9.17, 15) is 4.79 Å². The fourth-order valence-corrected chi connectivity index (χ4v) is 1.77. The third-order valence-corrected chi connectivity index (χ3v) is 3.00. The summed E-state index contributed by atoms with van der Waals surface area (Å²) in [5, 5.41) is 0. The molecule has 0 aromatic carbocycles. The summed E-state index contributed by atoms with van der Waals surface area (Å²) in [5.41, 5.74) is 7.55. The van der Waals surface area contributed by atoms with E-state index in [1.54, 1.807) is 7.11 Å². The van der Waals surface area contributed by atoms with Crippen LogP contribution in [0.5, 0.6) is 5.88 Å². The molecule has 4 nitrogen and oxygen atoms in total. The summed E-state index contributed by atoms with van der Waals surface area (Å²) >= 11 is 0. The van der Waals surface area contributed by atoms with Gasteiger partial charge in [0.1, 0.15) is 5.78 Å². The van der Waals surface area contributed by atoms with Crippen molar-refractivity contribution in [3.05, 3.63) is 23.4 Å². The molecule has 4 heteroatoms. The summed E-state index contributed by atoms with van der Waals surface area (Å²) < 4.78 is 5.13. The van der Waals surface area contributed by atoms with Crippen molar-refractivity contribution in [2.24, 2.45) is 11.7 Å². The van der Waals surface area contributed by atoms with Crippen LogP contribution in [0.4, 0.5) is 0 Å². The van der Waals surface area contributed by atoms with Gasteiger partial charge >= 0.3 is 0 Å². The first-order valence-corrected chi connectivity index (χ1v) is 5.93. The van der Waals surface area contributed by atoms with E-state index in [1.807, 2.05) is 19.1 Å². The van der Waals surface area contributed by atoms with E-state index in [-0.39, 0.29) is 17.7 Å². The third-order valence-electron chi connectivity index (χ3n) is 3.00. The molecule has 2 N–H and O–H groups in total. The molecular formula is C13H18N2O2. The van der Waals surface area contributed by atoms with Gasteiger partial charge in [-0.3, -0.25) is 4.79 Å². The standard InChI is InChI=1S/C13H18N2O2/c1-8(14)10-5-11(15-13(6-10)17-2)7-12(16)9-3-4-9/h5-6,8-9H,3-4,7,14H2,1-2H3. The van der Waals surface area contributed by atoms with E-state index in [4.69, 9.17) is 10.5 Å². The Bertz CT molecular complexity index is 425. The van der Waals surface area contributed by atoms with Crippen molar-refractivity contribution in [2.75, 3.05) is 7.11 Å². The molecule has 1 unspecified atom stereocenters. The summed E-state index contributed by atoms with van der Waals surface area (Å²) in [4.78, 5) is 16.0. The number of rotatable bonds is 5. The first kappa shape index (κ1) is 12.0. The molecule has 1 atom stereocenters. The van der Waals surface area contributed by atoms with Crippen LogP contribution in [0.1, 0.15) is 37.1 Å². The second-order valence-electron chi connectivity index (χ2n) is 4.64. The molecule has 1 aliphatic rings. The quantitative estimate of drug-likeness (QED) is 0.841. The van der Waals surface area contributed by atoms with E-state index in [2.05, 4.69) is 4.98 Å². The van der Waals surface area contributed by atoms with Crippen LogP contribution < -0.4 is 10.5 Å². The highest BCUT2D eigenvalue weighted by molar-refractivity contribution is 5.84. The maximum absolute atomic E-state index is 11.7. The van der Waals surface area contributed by atoms with Crippen LogP contribution in [0, 0.1) is 5.92 Å². The molecule has 0 amide bonds. The molecule has 1 saturated carbocycles. The Morgan fingerprint density at radius 2 is 2.29 bits per heavy atom. The van der Waals surface area contributed by atoms with Crippen LogP contribution in [0.25, 0.3) is 0 Å². The number of carbonyl (C=O) groups is 1. The molecule has 92 valence electrons. The number of ketones is 1. The zero-order valence-corrected chi connectivity index (χ0v) is 10.3. The van der Waals surface area contributed by atoms with Crippen molar-refractivity contribution in [1.82, 2.24) is 4.98 Å². The first-order chi connectivity index (χ1) is 8.10. The lowest BCUT2D eigenvalue weighted by molar-refractivity contribution is -0.119. The first-order valence-electron chi connectivity index (χ1n) is 5.93. The van der Waals surface area contributed by atoms with Gasteiger partial charge < -0.3 is 10.5 Å².